The zero-order valence-electron chi connectivity index (χ0n) is 19.3. The van der Waals surface area contributed by atoms with E-state index in [1.165, 1.54) is 36.2 Å². The third kappa shape index (κ3) is 6.65. The average molecular weight is 490 g/mol. The van der Waals surface area contributed by atoms with Crippen molar-refractivity contribution in [3.05, 3.63) is 58.6 Å². The number of carbonyl (C=O) groups excluding carboxylic acids is 2. The van der Waals surface area contributed by atoms with E-state index in [0.29, 0.717) is 34.7 Å². The number of hydrogen-bond acceptors (Lipinski definition) is 6. The average Bonchev–Trinajstić information content (AvgIpc) is 3.15. The van der Waals surface area contributed by atoms with Gasteiger partial charge in [0.05, 0.1) is 0 Å². The minimum absolute atomic E-state index is 0.0855. The number of nitrogens with zero attached hydrogens (tertiary/aromatic N) is 2. The van der Waals surface area contributed by atoms with Crippen LogP contribution >= 0.6 is 23.4 Å². The van der Waals surface area contributed by atoms with Crippen LogP contribution in [0.3, 0.4) is 0 Å². The molecule has 0 aliphatic carbocycles. The number of rotatable bonds is 6. The van der Waals surface area contributed by atoms with Crippen LogP contribution in [-0.2, 0) is 15.0 Å². The Morgan fingerprint density at radius 2 is 1.76 bits per heavy atom. The van der Waals surface area contributed by atoms with Crippen LogP contribution in [0.25, 0.3) is 0 Å². The van der Waals surface area contributed by atoms with E-state index in [2.05, 4.69) is 43.3 Å². The molecule has 0 saturated carbocycles. The fraction of sp³-hybridized carbons (Fsp3) is 0.375. The zero-order chi connectivity index (χ0) is 24.2. The summed E-state index contributed by atoms with van der Waals surface area (Å²) >= 11 is 7.47. The molecule has 1 aliphatic rings. The van der Waals surface area contributed by atoms with Crippen molar-refractivity contribution in [2.45, 2.75) is 45.4 Å². The second-order valence-corrected chi connectivity index (χ2v) is 10.1. The Morgan fingerprint density at radius 1 is 1.09 bits per heavy atom. The van der Waals surface area contributed by atoms with Crippen LogP contribution in [0.4, 0.5) is 0 Å². The van der Waals surface area contributed by atoms with Gasteiger partial charge in [0.25, 0.3) is 0 Å². The van der Waals surface area contributed by atoms with Crippen molar-refractivity contribution in [2.75, 3.05) is 13.2 Å². The Morgan fingerprint density at radius 3 is 2.36 bits per heavy atom. The minimum atomic E-state index is -0.510. The third-order valence-electron chi connectivity index (χ3n) is 4.82. The molecule has 0 spiro atoms. The second kappa shape index (κ2) is 10.5. The van der Waals surface area contributed by atoms with E-state index in [0.717, 1.165) is 5.75 Å². The minimum Gasteiger partial charge on any atom is -0.490 e. The van der Waals surface area contributed by atoms with Gasteiger partial charge in [0, 0.05) is 24.4 Å². The molecule has 0 bridgehead atoms. The number of nitrogens with one attached hydrogen (secondary N) is 1. The van der Waals surface area contributed by atoms with E-state index >= 15 is 0 Å². The fourth-order valence-corrected chi connectivity index (χ4v) is 4.51. The van der Waals surface area contributed by atoms with Crippen LogP contribution in [0.5, 0.6) is 11.5 Å². The van der Waals surface area contributed by atoms with Gasteiger partial charge in [-0.25, -0.2) is 5.01 Å². The van der Waals surface area contributed by atoms with E-state index in [9.17, 15) is 9.59 Å². The number of amides is 2. The highest BCUT2D eigenvalue weighted by molar-refractivity contribution is 8.14. The van der Waals surface area contributed by atoms with Crippen LogP contribution in [0.2, 0.25) is 5.02 Å². The largest absolute Gasteiger partial charge is 0.490 e. The van der Waals surface area contributed by atoms with Gasteiger partial charge in [-0.1, -0.05) is 56.3 Å². The maximum Gasteiger partial charge on any atom is 0.241 e. The lowest BCUT2D eigenvalue weighted by Gasteiger charge is -2.22. The lowest BCUT2D eigenvalue weighted by Crippen LogP contribution is -2.25. The fourth-order valence-electron chi connectivity index (χ4n) is 3.17. The molecule has 0 aromatic heterocycles. The Bertz CT molecular complexity index is 1050. The Labute approximate surface area is 203 Å². The maximum atomic E-state index is 12.2. The first kappa shape index (κ1) is 24.9. The van der Waals surface area contributed by atoms with E-state index < -0.39 is 5.37 Å². The normalized spacial score (nSPS) is 15.8. The summed E-state index contributed by atoms with van der Waals surface area (Å²) < 4.78 is 11.8. The van der Waals surface area contributed by atoms with Gasteiger partial charge in [-0.05, 0) is 41.3 Å². The predicted octanol–water partition coefficient (Wildman–Crippen LogP) is 5.10. The first-order valence-electron chi connectivity index (χ1n) is 10.5. The first-order chi connectivity index (χ1) is 15.5. The smallest absolute Gasteiger partial charge is 0.241 e. The van der Waals surface area contributed by atoms with Crippen molar-refractivity contribution >= 4 is 40.3 Å². The number of thioether (sulfide) groups is 1. The summed E-state index contributed by atoms with van der Waals surface area (Å²) in [6.45, 7) is 9.95. The van der Waals surface area contributed by atoms with E-state index in [4.69, 9.17) is 21.1 Å². The zero-order valence-corrected chi connectivity index (χ0v) is 20.9. The highest BCUT2D eigenvalue weighted by atomic mass is 35.5. The third-order valence-corrected chi connectivity index (χ3v) is 6.14. The number of benzene rings is 2. The molecule has 0 saturated heterocycles. The van der Waals surface area contributed by atoms with E-state index in [1.54, 1.807) is 18.2 Å². The Kier molecular flexibility index (Phi) is 7.92. The standard InChI is InChI=1S/C24H28ClN3O4S/c1-15(29)26-23-27-28(16(2)30)22(33-23)20-14-18(25)8-11-21(20)32-13-12-31-19-9-6-17(7-10-19)24(3,4)5/h6-11,14,22H,12-13H2,1-5H3,(H,26,27,29). The number of halogens is 1. The van der Waals surface area contributed by atoms with Crippen molar-refractivity contribution in [3.63, 3.8) is 0 Å². The van der Waals surface area contributed by atoms with Crippen LogP contribution in [-0.4, -0.2) is 35.2 Å². The van der Waals surface area contributed by atoms with Crippen LogP contribution in [0.1, 0.15) is 51.1 Å². The van der Waals surface area contributed by atoms with E-state index in [-0.39, 0.29) is 17.2 Å². The quantitative estimate of drug-likeness (QED) is 0.571. The number of amidine groups is 1. The van der Waals surface area contributed by atoms with Crippen LogP contribution in [0.15, 0.2) is 47.6 Å². The van der Waals surface area contributed by atoms with Gasteiger partial charge in [0.15, 0.2) is 5.17 Å². The number of hydrazone groups is 1. The summed E-state index contributed by atoms with van der Waals surface area (Å²) in [5.74, 6) is 0.806. The summed E-state index contributed by atoms with van der Waals surface area (Å²) in [5, 5.41) is 8.50. The molecule has 1 unspecified atom stereocenters. The molecule has 1 atom stereocenters. The lowest BCUT2D eigenvalue weighted by molar-refractivity contribution is -0.129. The van der Waals surface area contributed by atoms with E-state index in [1.807, 2.05) is 12.1 Å². The summed E-state index contributed by atoms with van der Waals surface area (Å²) in [4.78, 5) is 23.6. The molecule has 3 rings (SSSR count). The molecule has 1 aliphatic heterocycles. The molecule has 0 radical (unpaired) electrons. The lowest BCUT2D eigenvalue weighted by atomic mass is 9.87. The summed E-state index contributed by atoms with van der Waals surface area (Å²) in [6.07, 6.45) is 0. The Hall–Kier alpha value is -2.71. The van der Waals surface area contributed by atoms with Gasteiger partial charge in [-0.3, -0.25) is 9.59 Å². The first-order valence-corrected chi connectivity index (χ1v) is 11.8. The van der Waals surface area contributed by atoms with Gasteiger partial charge in [0.1, 0.15) is 30.1 Å². The van der Waals surface area contributed by atoms with Crippen molar-refractivity contribution in [3.8, 4) is 11.5 Å². The second-order valence-electron chi connectivity index (χ2n) is 8.57. The van der Waals surface area contributed by atoms with Gasteiger partial charge in [0.2, 0.25) is 11.8 Å². The highest BCUT2D eigenvalue weighted by Gasteiger charge is 2.34. The molecule has 9 heteroatoms. The molecule has 176 valence electrons. The van der Waals surface area contributed by atoms with Crippen LogP contribution < -0.4 is 14.8 Å². The highest BCUT2D eigenvalue weighted by Crippen LogP contribution is 2.43. The molecule has 1 N–H and O–H groups in total. The SMILES string of the molecule is CC(=O)NC1=NN(C(C)=O)C(c2cc(Cl)ccc2OCCOc2ccc(C(C)(C)C)cc2)S1. The number of carbonyl (C=O) groups is 2. The molecule has 2 aromatic carbocycles. The molecule has 1 heterocycles. The van der Waals surface area contributed by atoms with Crippen molar-refractivity contribution in [2.24, 2.45) is 5.10 Å². The molecular formula is C24H28ClN3O4S. The monoisotopic (exact) mass is 489 g/mol. The maximum absolute atomic E-state index is 12.2. The van der Waals surface area contributed by atoms with Crippen molar-refractivity contribution in [1.82, 2.24) is 10.3 Å². The summed E-state index contributed by atoms with van der Waals surface area (Å²) in [6, 6.07) is 13.2. The van der Waals surface area contributed by atoms with Gasteiger partial charge in [-0.15, -0.1) is 5.10 Å². The number of ether oxygens (including phenoxy) is 2. The molecule has 7 nitrogen and oxygen atoms in total. The van der Waals surface area contributed by atoms with Crippen LogP contribution in [0, 0.1) is 0 Å². The summed E-state index contributed by atoms with van der Waals surface area (Å²) in [7, 11) is 0. The van der Waals surface area contributed by atoms with Gasteiger partial charge >= 0.3 is 0 Å². The molecule has 2 aromatic rings. The Balaban J connectivity index is 1.66. The molecule has 2 amide bonds. The molecular weight excluding hydrogens is 462 g/mol. The van der Waals surface area contributed by atoms with Gasteiger partial charge < -0.3 is 14.8 Å². The summed E-state index contributed by atoms with van der Waals surface area (Å²) in [5.41, 5.74) is 2.01. The number of hydrogen-bond donors (Lipinski definition) is 1. The molecule has 33 heavy (non-hydrogen) atoms. The van der Waals surface area contributed by atoms with Gasteiger partial charge in [-0.2, -0.15) is 0 Å². The predicted molar refractivity (Wildman–Crippen MR) is 132 cm³/mol. The van der Waals surface area contributed by atoms with Crippen molar-refractivity contribution in [1.29, 1.82) is 0 Å². The molecule has 0 fully saturated rings. The topological polar surface area (TPSA) is 80.2 Å². The van der Waals surface area contributed by atoms with Crippen molar-refractivity contribution < 1.29 is 19.1 Å².